The summed E-state index contributed by atoms with van der Waals surface area (Å²) in [6, 6.07) is 15.2. The Hall–Kier alpha value is -3.78. The lowest BCUT2D eigenvalue weighted by Crippen LogP contribution is -2.12. The monoisotopic (exact) mass is 473 g/mol. The molecule has 0 aliphatic carbocycles. The third kappa shape index (κ3) is 4.36. The molecule has 0 bridgehead atoms. The van der Waals surface area contributed by atoms with Crippen LogP contribution in [0.5, 0.6) is 5.75 Å². The first kappa shape index (κ1) is 22.0. The molecule has 5 rings (SSSR count). The van der Waals surface area contributed by atoms with Crippen molar-refractivity contribution in [2.75, 3.05) is 19.0 Å². The minimum Gasteiger partial charge on any atom is -0.496 e. The average molecular weight is 474 g/mol. The number of methoxy groups -OCH3 is 1. The number of rotatable bonds is 7. The van der Waals surface area contributed by atoms with E-state index in [1.165, 1.54) is 6.07 Å². The largest absolute Gasteiger partial charge is 0.496 e. The zero-order chi connectivity index (χ0) is 23.7. The minimum absolute atomic E-state index is 0.312. The lowest BCUT2D eigenvalue weighted by Gasteiger charge is -2.11. The van der Waals surface area contributed by atoms with E-state index in [4.69, 9.17) is 4.74 Å². The standard InChI is InChI=1S/C26H24FN5OS/c1-16-14-34-26(31-16)19-6-4-18(5-7-19)22-13-25(30-15-29-22)28-8-9-32-17(2)10-21-23(32)11-20(27)12-24(21)33-3/h4-7,10-15H,8-9H2,1-3H3,(H,28,29,30). The van der Waals surface area contributed by atoms with Gasteiger partial charge in [0.2, 0.25) is 0 Å². The molecule has 0 amide bonds. The number of hydrogen-bond acceptors (Lipinski definition) is 6. The van der Waals surface area contributed by atoms with Gasteiger partial charge in [-0.3, -0.25) is 0 Å². The summed E-state index contributed by atoms with van der Waals surface area (Å²) in [6.07, 6.45) is 1.56. The maximum absolute atomic E-state index is 14.1. The number of ether oxygens (including phenoxy) is 1. The number of aryl methyl sites for hydroxylation is 2. The van der Waals surface area contributed by atoms with E-state index in [-0.39, 0.29) is 5.82 Å². The molecule has 0 aliphatic rings. The topological polar surface area (TPSA) is 64.9 Å². The van der Waals surface area contributed by atoms with Gasteiger partial charge in [0.05, 0.1) is 18.3 Å². The van der Waals surface area contributed by atoms with Crippen LogP contribution in [-0.4, -0.2) is 33.2 Å². The number of anilines is 1. The van der Waals surface area contributed by atoms with Crippen molar-refractivity contribution < 1.29 is 9.13 Å². The smallest absolute Gasteiger partial charge is 0.131 e. The number of nitrogens with one attached hydrogen (secondary N) is 1. The van der Waals surface area contributed by atoms with E-state index >= 15 is 0 Å². The van der Waals surface area contributed by atoms with Crippen molar-refractivity contribution in [3.05, 3.63) is 77.4 Å². The van der Waals surface area contributed by atoms with Crippen LogP contribution in [0.2, 0.25) is 0 Å². The summed E-state index contributed by atoms with van der Waals surface area (Å²) in [7, 11) is 1.56. The number of benzene rings is 2. The molecule has 2 aromatic carbocycles. The normalized spacial score (nSPS) is 11.2. The Morgan fingerprint density at radius 3 is 2.56 bits per heavy atom. The van der Waals surface area contributed by atoms with E-state index in [9.17, 15) is 4.39 Å². The molecule has 0 radical (unpaired) electrons. The van der Waals surface area contributed by atoms with E-state index in [0.29, 0.717) is 18.8 Å². The first-order valence-corrected chi connectivity index (χ1v) is 11.8. The summed E-state index contributed by atoms with van der Waals surface area (Å²) < 4.78 is 21.5. The van der Waals surface area contributed by atoms with Crippen LogP contribution in [0.3, 0.4) is 0 Å². The summed E-state index contributed by atoms with van der Waals surface area (Å²) >= 11 is 1.64. The highest BCUT2D eigenvalue weighted by Crippen LogP contribution is 2.30. The summed E-state index contributed by atoms with van der Waals surface area (Å²) in [5, 5.41) is 7.33. The molecule has 0 fully saturated rings. The predicted molar refractivity (Wildman–Crippen MR) is 135 cm³/mol. The maximum atomic E-state index is 14.1. The molecule has 0 saturated heterocycles. The minimum atomic E-state index is -0.312. The third-order valence-corrected chi connectivity index (χ3v) is 6.74. The van der Waals surface area contributed by atoms with Crippen molar-refractivity contribution in [3.8, 4) is 27.6 Å². The van der Waals surface area contributed by atoms with E-state index in [1.807, 2.05) is 26.0 Å². The first-order chi connectivity index (χ1) is 16.5. The molecule has 6 nitrogen and oxygen atoms in total. The fourth-order valence-corrected chi connectivity index (χ4v) is 4.87. The van der Waals surface area contributed by atoms with Gasteiger partial charge in [-0.05, 0) is 26.0 Å². The SMILES string of the molecule is COc1cc(F)cc2c1cc(C)n2CCNc1cc(-c2ccc(-c3nc(C)cs3)cc2)ncn1. The van der Waals surface area contributed by atoms with Crippen LogP contribution in [0.15, 0.2) is 60.2 Å². The van der Waals surface area contributed by atoms with E-state index < -0.39 is 0 Å². The Morgan fingerprint density at radius 2 is 1.82 bits per heavy atom. The van der Waals surface area contributed by atoms with E-state index in [2.05, 4.69) is 54.5 Å². The van der Waals surface area contributed by atoms with Gasteiger partial charge in [0, 0.05) is 58.5 Å². The molecule has 34 heavy (non-hydrogen) atoms. The molecule has 0 aliphatic heterocycles. The molecule has 8 heteroatoms. The van der Waals surface area contributed by atoms with Gasteiger partial charge in [-0.1, -0.05) is 24.3 Å². The van der Waals surface area contributed by atoms with E-state index in [1.54, 1.807) is 30.8 Å². The summed E-state index contributed by atoms with van der Waals surface area (Å²) in [5.41, 5.74) is 5.83. The van der Waals surface area contributed by atoms with Crippen LogP contribution >= 0.6 is 11.3 Å². The van der Waals surface area contributed by atoms with Crippen molar-refractivity contribution in [2.24, 2.45) is 0 Å². The Bertz CT molecular complexity index is 1460. The zero-order valence-electron chi connectivity index (χ0n) is 19.2. The number of fused-ring (bicyclic) bond motifs is 1. The molecule has 0 saturated carbocycles. The van der Waals surface area contributed by atoms with Gasteiger partial charge in [-0.25, -0.2) is 19.3 Å². The number of aromatic nitrogens is 4. The maximum Gasteiger partial charge on any atom is 0.131 e. The second-order valence-electron chi connectivity index (χ2n) is 8.06. The van der Waals surface area contributed by atoms with Gasteiger partial charge in [-0.2, -0.15) is 0 Å². The lowest BCUT2D eigenvalue weighted by molar-refractivity contribution is 0.416. The molecule has 5 aromatic rings. The quantitative estimate of drug-likeness (QED) is 0.309. The zero-order valence-corrected chi connectivity index (χ0v) is 20.0. The molecule has 0 unspecified atom stereocenters. The molecule has 1 N–H and O–H groups in total. The highest BCUT2D eigenvalue weighted by Gasteiger charge is 2.12. The van der Waals surface area contributed by atoms with Crippen molar-refractivity contribution in [2.45, 2.75) is 20.4 Å². The molecular weight excluding hydrogens is 449 g/mol. The van der Waals surface area contributed by atoms with Gasteiger partial charge >= 0.3 is 0 Å². The van der Waals surface area contributed by atoms with Crippen LogP contribution in [0, 0.1) is 19.7 Å². The molecule has 172 valence electrons. The number of nitrogens with zero attached hydrogens (tertiary/aromatic N) is 4. The second-order valence-corrected chi connectivity index (χ2v) is 8.92. The van der Waals surface area contributed by atoms with Crippen LogP contribution in [0.25, 0.3) is 32.7 Å². The van der Waals surface area contributed by atoms with Gasteiger partial charge in [0.1, 0.15) is 28.7 Å². The van der Waals surface area contributed by atoms with Crippen LogP contribution in [0.1, 0.15) is 11.4 Å². The highest BCUT2D eigenvalue weighted by atomic mass is 32.1. The summed E-state index contributed by atoms with van der Waals surface area (Å²) in [6.45, 7) is 5.29. The van der Waals surface area contributed by atoms with Gasteiger partial charge in [-0.15, -0.1) is 11.3 Å². The Morgan fingerprint density at radius 1 is 1.03 bits per heavy atom. The van der Waals surface area contributed by atoms with Crippen molar-refractivity contribution in [3.63, 3.8) is 0 Å². The Balaban J connectivity index is 1.30. The third-order valence-electron chi connectivity index (χ3n) is 5.73. The number of hydrogen-bond donors (Lipinski definition) is 1. The fraction of sp³-hybridized carbons (Fsp3) is 0.192. The fourth-order valence-electron chi connectivity index (χ4n) is 4.07. The van der Waals surface area contributed by atoms with Crippen LogP contribution in [0.4, 0.5) is 10.2 Å². The van der Waals surface area contributed by atoms with E-state index in [0.717, 1.165) is 49.9 Å². The Labute approximate surface area is 201 Å². The number of thiazole rings is 1. The Kier molecular flexibility index (Phi) is 5.98. The van der Waals surface area contributed by atoms with Gasteiger partial charge in [0.25, 0.3) is 0 Å². The summed E-state index contributed by atoms with van der Waals surface area (Å²) in [4.78, 5) is 13.3. The lowest BCUT2D eigenvalue weighted by atomic mass is 10.1. The molecular formula is C26H24FN5OS. The van der Waals surface area contributed by atoms with Crippen molar-refractivity contribution >= 4 is 28.1 Å². The molecule has 0 spiro atoms. The van der Waals surface area contributed by atoms with Gasteiger partial charge in [0.15, 0.2) is 0 Å². The molecule has 3 heterocycles. The van der Waals surface area contributed by atoms with Crippen molar-refractivity contribution in [1.29, 1.82) is 0 Å². The summed E-state index contributed by atoms with van der Waals surface area (Å²) in [5.74, 6) is 0.969. The predicted octanol–water partition coefficient (Wildman–Crippen LogP) is 6.10. The van der Waals surface area contributed by atoms with Crippen LogP contribution in [-0.2, 0) is 6.54 Å². The average Bonchev–Trinajstić information content (AvgIpc) is 3.42. The molecule has 0 atom stereocenters. The van der Waals surface area contributed by atoms with Gasteiger partial charge < -0.3 is 14.6 Å². The second kappa shape index (κ2) is 9.23. The number of halogens is 1. The van der Waals surface area contributed by atoms with Crippen LogP contribution < -0.4 is 10.1 Å². The highest BCUT2D eigenvalue weighted by molar-refractivity contribution is 7.13. The van der Waals surface area contributed by atoms with Crippen molar-refractivity contribution in [1.82, 2.24) is 19.5 Å². The first-order valence-electron chi connectivity index (χ1n) is 10.9. The molecule has 3 aromatic heterocycles.